The van der Waals surface area contributed by atoms with Gasteiger partial charge in [-0.2, -0.15) is 0 Å². The molecule has 1 aromatic rings. The molecular formula is C15H18. The van der Waals surface area contributed by atoms with E-state index in [1.54, 1.807) is 0 Å². The minimum atomic E-state index is 1.28. The Bertz CT molecular complexity index is 465. The lowest BCUT2D eigenvalue weighted by Crippen LogP contribution is -2.24. The fourth-order valence-electron chi connectivity index (χ4n) is 1.48. The van der Waals surface area contributed by atoms with Gasteiger partial charge < -0.3 is 0 Å². The Morgan fingerprint density at radius 2 is 1.20 bits per heavy atom. The molecule has 0 N–H and O–H groups in total. The van der Waals surface area contributed by atoms with E-state index in [9.17, 15) is 0 Å². The second-order valence-corrected chi connectivity index (χ2v) is 3.40. The van der Waals surface area contributed by atoms with Gasteiger partial charge in [-0.1, -0.05) is 26.0 Å². The molecular weight excluding hydrogens is 180 g/mol. The van der Waals surface area contributed by atoms with Gasteiger partial charge in [0, 0.05) is 0 Å². The summed E-state index contributed by atoms with van der Waals surface area (Å²) in [7, 11) is 0. The monoisotopic (exact) mass is 198 g/mol. The van der Waals surface area contributed by atoms with E-state index in [0.29, 0.717) is 0 Å². The minimum absolute atomic E-state index is 1.28. The van der Waals surface area contributed by atoms with E-state index in [1.165, 1.54) is 21.6 Å². The molecule has 15 heavy (non-hydrogen) atoms. The van der Waals surface area contributed by atoms with Crippen LogP contribution in [-0.2, 0) is 0 Å². The number of benzene rings is 1. The summed E-state index contributed by atoms with van der Waals surface area (Å²) < 4.78 is 0. The van der Waals surface area contributed by atoms with E-state index < -0.39 is 0 Å². The van der Waals surface area contributed by atoms with Gasteiger partial charge in [-0.05, 0) is 59.7 Å². The Balaban J connectivity index is 0.000000531. The Morgan fingerprint density at radius 3 is 1.60 bits per heavy atom. The number of hydrogen-bond acceptors (Lipinski definition) is 0. The first-order chi connectivity index (χ1) is 7.27. The topological polar surface area (TPSA) is 0 Å². The third-order valence-corrected chi connectivity index (χ3v) is 2.42. The van der Waals surface area contributed by atoms with E-state index in [2.05, 4.69) is 43.9 Å². The lowest BCUT2D eigenvalue weighted by atomic mass is 10.1. The van der Waals surface area contributed by atoms with Crippen molar-refractivity contribution in [2.24, 2.45) is 0 Å². The van der Waals surface area contributed by atoms with Crippen LogP contribution < -0.4 is 10.4 Å². The molecule has 0 radical (unpaired) electrons. The smallest absolute Gasteiger partial charge is 0.0175 e. The molecule has 0 bridgehead atoms. The predicted molar refractivity (Wildman–Crippen MR) is 68.1 cm³/mol. The summed E-state index contributed by atoms with van der Waals surface area (Å²) in [6.45, 7) is 8.29. The van der Waals surface area contributed by atoms with Crippen LogP contribution in [0.1, 0.15) is 25.0 Å². The molecule has 0 fully saturated rings. The largest absolute Gasteiger partial charge is 0.121 e. The van der Waals surface area contributed by atoms with E-state index in [0.717, 1.165) is 0 Å². The maximum Gasteiger partial charge on any atom is -0.0175 e. The van der Waals surface area contributed by atoms with E-state index in [1.807, 2.05) is 26.0 Å². The van der Waals surface area contributed by atoms with Crippen molar-refractivity contribution in [1.29, 1.82) is 0 Å². The van der Waals surface area contributed by atoms with Crippen molar-refractivity contribution < 1.29 is 0 Å². The molecule has 1 aliphatic carbocycles. The van der Waals surface area contributed by atoms with Crippen molar-refractivity contribution in [2.75, 3.05) is 0 Å². The molecule has 0 saturated carbocycles. The van der Waals surface area contributed by atoms with Gasteiger partial charge in [0.05, 0.1) is 0 Å². The van der Waals surface area contributed by atoms with Gasteiger partial charge >= 0.3 is 0 Å². The molecule has 0 unspecified atom stereocenters. The van der Waals surface area contributed by atoms with Gasteiger partial charge in [0.15, 0.2) is 0 Å². The number of hydrogen-bond donors (Lipinski definition) is 0. The average Bonchev–Trinajstić information content (AvgIpc) is 2.47. The molecule has 0 amide bonds. The fraction of sp³-hybridized carbons (Fsp3) is 0.267. The lowest BCUT2D eigenvalue weighted by Gasteiger charge is -1.98. The molecule has 0 saturated heterocycles. The van der Waals surface area contributed by atoms with Crippen LogP contribution in [0.25, 0.3) is 12.2 Å². The molecule has 0 heteroatoms. The zero-order chi connectivity index (χ0) is 11.3. The predicted octanol–water partition coefficient (Wildman–Crippen LogP) is 2.62. The van der Waals surface area contributed by atoms with Crippen LogP contribution in [0.4, 0.5) is 0 Å². The van der Waals surface area contributed by atoms with Crippen molar-refractivity contribution in [3.8, 4) is 0 Å². The Kier molecular flexibility index (Phi) is 4.15. The highest BCUT2D eigenvalue weighted by atomic mass is 14.0. The van der Waals surface area contributed by atoms with Crippen LogP contribution in [-0.4, -0.2) is 0 Å². The first-order valence-electron chi connectivity index (χ1n) is 5.48. The van der Waals surface area contributed by atoms with Crippen LogP contribution in [0.3, 0.4) is 0 Å². The third kappa shape index (κ3) is 2.71. The summed E-state index contributed by atoms with van der Waals surface area (Å²) in [5.74, 6) is 0. The van der Waals surface area contributed by atoms with E-state index >= 15 is 0 Å². The third-order valence-electron chi connectivity index (χ3n) is 2.42. The van der Waals surface area contributed by atoms with Crippen molar-refractivity contribution >= 4 is 12.2 Å². The first-order valence-corrected chi connectivity index (χ1v) is 5.48. The Hall–Kier alpha value is -1.52. The normalized spacial score (nSPS) is 11.5. The zero-order valence-electron chi connectivity index (χ0n) is 9.96. The average molecular weight is 198 g/mol. The van der Waals surface area contributed by atoms with E-state index in [4.69, 9.17) is 0 Å². The molecule has 78 valence electrons. The second kappa shape index (κ2) is 5.38. The van der Waals surface area contributed by atoms with Crippen LogP contribution in [0.5, 0.6) is 0 Å². The highest BCUT2D eigenvalue weighted by molar-refractivity contribution is 5.49. The number of rotatable bonds is 0. The highest BCUT2D eigenvalue weighted by Gasteiger charge is 1.92. The number of aryl methyl sites for hydroxylation is 2. The molecule has 0 aromatic heterocycles. The van der Waals surface area contributed by atoms with Gasteiger partial charge in [-0.3, -0.25) is 0 Å². The van der Waals surface area contributed by atoms with Crippen molar-refractivity contribution in [1.82, 2.24) is 0 Å². The standard InChI is InChI=1S/C13H12.C2H6/c1-10-8-12-6-4-3-5-7-13(12)9-11(10)2;1-2/h4-9H,1-2H3;1-2H3. The summed E-state index contributed by atoms with van der Waals surface area (Å²) in [4.78, 5) is 0. The van der Waals surface area contributed by atoms with Crippen molar-refractivity contribution in [3.05, 3.63) is 51.6 Å². The van der Waals surface area contributed by atoms with Gasteiger partial charge in [0.25, 0.3) is 0 Å². The SMILES string of the molecule is CC.Cc1cc2c(cc1C)=CC=C=CC=2. The maximum atomic E-state index is 3.07. The molecule has 1 aliphatic rings. The summed E-state index contributed by atoms with van der Waals surface area (Å²) >= 11 is 0. The maximum absolute atomic E-state index is 3.07. The summed E-state index contributed by atoms with van der Waals surface area (Å²) in [5.41, 5.74) is 5.76. The van der Waals surface area contributed by atoms with Crippen LogP contribution in [0.15, 0.2) is 30.0 Å². The summed E-state index contributed by atoms with van der Waals surface area (Å²) in [6.07, 6.45) is 8.11. The lowest BCUT2D eigenvalue weighted by molar-refractivity contribution is 1.30. The van der Waals surface area contributed by atoms with Crippen molar-refractivity contribution in [2.45, 2.75) is 27.7 Å². The van der Waals surface area contributed by atoms with Gasteiger partial charge in [-0.25, -0.2) is 0 Å². The summed E-state index contributed by atoms with van der Waals surface area (Å²) in [5, 5.41) is 2.56. The van der Waals surface area contributed by atoms with Gasteiger partial charge in [-0.15, -0.1) is 5.73 Å². The van der Waals surface area contributed by atoms with Crippen molar-refractivity contribution in [3.63, 3.8) is 0 Å². The van der Waals surface area contributed by atoms with Gasteiger partial charge in [0.2, 0.25) is 0 Å². The zero-order valence-corrected chi connectivity index (χ0v) is 9.96. The van der Waals surface area contributed by atoms with Crippen LogP contribution >= 0.6 is 0 Å². The molecule has 0 aliphatic heterocycles. The quantitative estimate of drug-likeness (QED) is 0.562. The molecule has 2 rings (SSSR count). The molecule has 0 nitrogen and oxygen atoms in total. The Morgan fingerprint density at radius 1 is 0.800 bits per heavy atom. The molecule has 1 aromatic carbocycles. The number of allylic oxidation sites excluding steroid dienone is 1. The minimum Gasteiger partial charge on any atom is -0.121 e. The second-order valence-electron chi connectivity index (χ2n) is 3.40. The van der Waals surface area contributed by atoms with E-state index in [-0.39, 0.29) is 0 Å². The molecule has 0 heterocycles. The Labute approximate surface area is 92.0 Å². The van der Waals surface area contributed by atoms with Crippen LogP contribution in [0.2, 0.25) is 0 Å². The van der Waals surface area contributed by atoms with Crippen LogP contribution in [0, 0.1) is 13.8 Å². The highest BCUT2D eigenvalue weighted by Crippen LogP contribution is 1.98. The van der Waals surface area contributed by atoms with Gasteiger partial charge in [0.1, 0.15) is 0 Å². The first kappa shape index (κ1) is 11.6. The number of fused-ring (bicyclic) bond motifs is 1. The molecule has 0 spiro atoms. The fourth-order valence-corrected chi connectivity index (χ4v) is 1.48. The summed E-state index contributed by atoms with van der Waals surface area (Å²) in [6, 6.07) is 4.44. The molecule has 0 atom stereocenters.